The Morgan fingerprint density at radius 1 is 0.579 bits per heavy atom. The Kier molecular flexibility index (Phi) is 7.35. The normalized spacial score (nSPS) is 22.6. The quantitative estimate of drug-likeness (QED) is 0.194. The van der Waals surface area contributed by atoms with Crippen molar-refractivity contribution in [1.29, 1.82) is 0 Å². The molecule has 0 bridgehead atoms. The number of ether oxygens (including phenoxy) is 1. The summed E-state index contributed by atoms with van der Waals surface area (Å²) in [7, 11) is 0. The molecule has 8 aromatic rings. The molecular formula is C53H37N2OS-. The average molecular weight is 750 g/mol. The SMILES string of the molecule is C1=CC2c3ccccc3C3(c4ccccc4Oc4c(-c5ccc(C6C=C(c7ccccc7)[N-]C(c7ccc8c(c7)sc7ccccc78)N6)cc5)cccc43)C2C=C1. The number of fused-ring (bicyclic) bond motifs is 12. The first kappa shape index (κ1) is 32.8. The van der Waals surface area contributed by atoms with Gasteiger partial charge in [0.2, 0.25) is 0 Å². The maximum atomic E-state index is 6.99. The number of allylic oxidation sites excluding steroid dienone is 4. The Balaban J connectivity index is 0.941. The van der Waals surface area contributed by atoms with Crippen LogP contribution in [0.4, 0.5) is 0 Å². The van der Waals surface area contributed by atoms with E-state index in [9.17, 15) is 0 Å². The van der Waals surface area contributed by atoms with Crippen molar-refractivity contribution in [2.45, 2.75) is 23.5 Å². The molecular weight excluding hydrogens is 713 g/mol. The highest BCUT2D eigenvalue weighted by molar-refractivity contribution is 7.25. The lowest BCUT2D eigenvalue weighted by Gasteiger charge is -2.44. The van der Waals surface area contributed by atoms with Gasteiger partial charge in [0, 0.05) is 54.7 Å². The van der Waals surface area contributed by atoms with Gasteiger partial charge in [0.25, 0.3) is 0 Å². The first-order valence-electron chi connectivity index (χ1n) is 19.8. The van der Waals surface area contributed by atoms with E-state index in [0.717, 1.165) is 33.9 Å². The van der Waals surface area contributed by atoms with Gasteiger partial charge in [-0.25, -0.2) is 0 Å². The van der Waals surface area contributed by atoms with Crippen molar-refractivity contribution in [2.24, 2.45) is 5.92 Å². The van der Waals surface area contributed by atoms with E-state index < -0.39 is 0 Å². The van der Waals surface area contributed by atoms with Gasteiger partial charge >= 0.3 is 0 Å². The van der Waals surface area contributed by atoms with Crippen LogP contribution in [0.5, 0.6) is 11.5 Å². The van der Waals surface area contributed by atoms with Crippen LogP contribution in [0.1, 0.15) is 57.1 Å². The van der Waals surface area contributed by atoms with Gasteiger partial charge in [-0.15, -0.1) is 17.0 Å². The predicted molar refractivity (Wildman–Crippen MR) is 235 cm³/mol. The third-order valence-electron chi connectivity index (χ3n) is 12.6. The highest BCUT2D eigenvalue weighted by Crippen LogP contribution is 2.65. The van der Waals surface area contributed by atoms with E-state index in [0.29, 0.717) is 5.92 Å². The number of nitrogens with one attached hydrogen (secondary N) is 1. The molecule has 5 atom stereocenters. The Morgan fingerprint density at radius 3 is 2.23 bits per heavy atom. The van der Waals surface area contributed by atoms with E-state index in [1.807, 2.05) is 11.3 Å². The Labute approximate surface area is 336 Å². The third kappa shape index (κ3) is 4.94. The number of rotatable bonds is 4. The molecule has 0 saturated heterocycles. The molecule has 4 heteroatoms. The smallest absolute Gasteiger partial charge is 0.139 e. The summed E-state index contributed by atoms with van der Waals surface area (Å²) in [6.07, 6.45) is 11.3. The number of nitrogens with zero attached hydrogens (tertiary/aromatic N) is 1. The van der Waals surface area contributed by atoms with Crippen LogP contribution in [0.3, 0.4) is 0 Å². The number of thiophene rings is 1. The second-order valence-corrected chi connectivity index (χ2v) is 16.7. The van der Waals surface area contributed by atoms with Crippen molar-refractivity contribution in [3.8, 4) is 22.6 Å². The van der Waals surface area contributed by atoms with Crippen molar-refractivity contribution in [3.05, 3.63) is 238 Å². The molecule has 12 rings (SSSR count). The van der Waals surface area contributed by atoms with Crippen molar-refractivity contribution < 1.29 is 4.74 Å². The second kappa shape index (κ2) is 12.8. The highest BCUT2D eigenvalue weighted by Gasteiger charge is 2.56. The van der Waals surface area contributed by atoms with E-state index in [-0.39, 0.29) is 23.5 Å². The summed E-state index contributed by atoms with van der Waals surface area (Å²) in [6.45, 7) is 0. The molecule has 2 aliphatic carbocycles. The van der Waals surface area contributed by atoms with Crippen LogP contribution < -0.4 is 10.1 Å². The van der Waals surface area contributed by atoms with Gasteiger partial charge in [0.05, 0.1) is 5.41 Å². The molecule has 57 heavy (non-hydrogen) atoms. The minimum Gasteiger partial charge on any atom is -0.666 e. The monoisotopic (exact) mass is 749 g/mol. The Hall–Kier alpha value is -6.46. The summed E-state index contributed by atoms with van der Waals surface area (Å²) in [5, 5.41) is 11.8. The molecule has 0 fully saturated rings. The first-order valence-corrected chi connectivity index (χ1v) is 20.7. The van der Waals surface area contributed by atoms with Gasteiger partial charge in [0.15, 0.2) is 0 Å². The minimum absolute atomic E-state index is 0.0380. The van der Waals surface area contributed by atoms with E-state index in [1.165, 1.54) is 53.6 Å². The van der Waals surface area contributed by atoms with Crippen LogP contribution in [-0.2, 0) is 5.41 Å². The summed E-state index contributed by atoms with van der Waals surface area (Å²) in [6, 6.07) is 59.5. The molecule has 5 unspecified atom stereocenters. The van der Waals surface area contributed by atoms with E-state index in [4.69, 9.17) is 10.1 Å². The molecule has 2 aliphatic heterocycles. The van der Waals surface area contributed by atoms with Crippen LogP contribution in [0, 0.1) is 5.92 Å². The van der Waals surface area contributed by atoms with Crippen molar-refractivity contribution >= 4 is 37.2 Å². The van der Waals surface area contributed by atoms with Gasteiger partial charge in [-0.1, -0.05) is 176 Å². The maximum Gasteiger partial charge on any atom is 0.139 e. The van der Waals surface area contributed by atoms with Crippen molar-refractivity contribution in [3.63, 3.8) is 0 Å². The summed E-state index contributed by atoms with van der Waals surface area (Å²) in [5.74, 6) is 2.41. The molecule has 4 aliphatic rings. The molecule has 3 heterocycles. The maximum absolute atomic E-state index is 6.99. The minimum atomic E-state index is -0.370. The topological polar surface area (TPSA) is 35.4 Å². The fourth-order valence-corrected chi connectivity index (χ4v) is 11.3. The summed E-state index contributed by atoms with van der Waals surface area (Å²) >= 11 is 1.85. The first-order chi connectivity index (χ1) is 28.2. The predicted octanol–water partition coefficient (Wildman–Crippen LogP) is 13.8. The van der Waals surface area contributed by atoms with Gasteiger partial charge in [-0.2, -0.15) is 0 Å². The van der Waals surface area contributed by atoms with E-state index in [2.05, 4.69) is 199 Å². The van der Waals surface area contributed by atoms with Gasteiger partial charge in [-0.05, 0) is 57.7 Å². The summed E-state index contributed by atoms with van der Waals surface area (Å²) < 4.78 is 9.59. The van der Waals surface area contributed by atoms with Crippen LogP contribution in [0.2, 0.25) is 0 Å². The van der Waals surface area contributed by atoms with Crippen LogP contribution in [0.25, 0.3) is 42.3 Å². The van der Waals surface area contributed by atoms with Gasteiger partial charge in [0.1, 0.15) is 11.5 Å². The van der Waals surface area contributed by atoms with Crippen LogP contribution >= 0.6 is 11.3 Å². The molecule has 7 aromatic carbocycles. The highest BCUT2D eigenvalue weighted by atomic mass is 32.1. The molecule has 3 nitrogen and oxygen atoms in total. The van der Waals surface area contributed by atoms with E-state index >= 15 is 0 Å². The van der Waals surface area contributed by atoms with Crippen LogP contribution in [0.15, 0.2) is 194 Å². The molecule has 0 saturated carbocycles. The fourth-order valence-electron chi connectivity index (χ4n) is 10.1. The van der Waals surface area contributed by atoms with E-state index in [1.54, 1.807) is 0 Å². The molecule has 1 spiro atoms. The lowest BCUT2D eigenvalue weighted by atomic mass is 9.61. The lowest BCUT2D eigenvalue weighted by molar-refractivity contribution is 0.375. The zero-order valence-corrected chi connectivity index (χ0v) is 31.9. The summed E-state index contributed by atoms with van der Waals surface area (Å²) in [5.41, 5.74) is 11.6. The van der Waals surface area contributed by atoms with Gasteiger partial charge < -0.3 is 15.4 Å². The zero-order valence-electron chi connectivity index (χ0n) is 31.0. The Bertz CT molecular complexity index is 2980. The number of hydrogen-bond acceptors (Lipinski definition) is 3. The molecule has 1 N–H and O–H groups in total. The van der Waals surface area contributed by atoms with Crippen LogP contribution in [-0.4, -0.2) is 0 Å². The Morgan fingerprint density at radius 2 is 1.32 bits per heavy atom. The summed E-state index contributed by atoms with van der Waals surface area (Å²) in [4.78, 5) is 0. The number of benzene rings is 7. The molecule has 0 radical (unpaired) electrons. The molecule has 272 valence electrons. The van der Waals surface area contributed by atoms with Gasteiger partial charge in [-0.3, -0.25) is 0 Å². The third-order valence-corrected chi connectivity index (χ3v) is 13.8. The standard InChI is InChI=1S/C53H37N2OS/c1-2-13-34(14-3-1)46-32-47(55-52(54-46)36-29-30-41-40-17-6-11-24-49(40)57-50(41)31-36)35-27-25-33(26-28-35)37-18-12-22-45-51(37)56-48-23-10-9-21-44(48)53(45)42-19-7-4-15-38(42)39-16-5-8-20-43(39)53/h1-32,38,42,47,52,55H/q-1. The largest absolute Gasteiger partial charge is 0.666 e. The van der Waals surface area contributed by atoms with Crippen molar-refractivity contribution in [1.82, 2.24) is 5.32 Å². The molecule has 1 aromatic heterocycles. The lowest BCUT2D eigenvalue weighted by Crippen LogP contribution is -2.37. The fraction of sp³-hybridized carbons (Fsp3) is 0.0943. The molecule has 0 amide bonds. The number of hydrogen-bond donors (Lipinski definition) is 1. The number of para-hydroxylation sites is 2. The average Bonchev–Trinajstić information content (AvgIpc) is 3.80. The zero-order chi connectivity index (χ0) is 37.5. The second-order valence-electron chi connectivity index (χ2n) is 15.6. The van der Waals surface area contributed by atoms with Crippen molar-refractivity contribution in [2.75, 3.05) is 0 Å².